The summed E-state index contributed by atoms with van der Waals surface area (Å²) in [5, 5.41) is 3.08. The SMILES string of the molecule is CCCNC(=O)C(=O)c1c(-c2ccc(OC)c(Cl)c2)cc2ccccn12. The predicted molar refractivity (Wildman–Crippen MR) is 102 cm³/mol. The summed E-state index contributed by atoms with van der Waals surface area (Å²) in [6.45, 7) is 2.39. The number of nitrogens with one attached hydrogen (secondary N) is 1. The maximum atomic E-state index is 12.8. The van der Waals surface area contributed by atoms with Crippen molar-refractivity contribution in [1.82, 2.24) is 9.72 Å². The zero-order valence-electron chi connectivity index (χ0n) is 14.6. The molecule has 0 bridgehead atoms. The summed E-state index contributed by atoms with van der Waals surface area (Å²) in [5.41, 5.74) is 2.53. The quantitative estimate of drug-likeness (QED) is 0.527. The molecule has 3 aromatic rings. The molecule has 0 aliphatic carbocycles. The molecule has 1 amide bonds. The van der Waals surface area contributed by atoms with Gasteiger partial charge in [-0.3, -0.25) is 9.59 Å². The van der Waals surface area contributed by atoms with Crippen LogP contribution in [-0.2, 0) is 4.79 Å². The fraction of sp³-hybridized carbons (Fsp3) is 0.200. The third-order valence-electron chi connectivity index (χ3n) is 4.10. The van der Waals surface area contributed by atoms with Gasteiger partial charge in [-0.25, -0.2) is 0 Å². The van der Waals surface area contributed by atoms with Crippen LogP contribution in [0, 0.1) is 0 Å². The Balaban J connectivity index is 2.15. The van der Waals surface area contributed by atoms with Gasteiger partial charge in [-0.15, -0.1) is 0 Å². The molecule has 0 radical (unpaired) electrons. The standard InChI is InChI=1S/C20H19ClN2O3/c1-3-9-22-20(25)19(24)18-15(12-14-6-4-5-10-23(14)18)13-7-8-17(26-2)16(21)11-13/h4-8,10-12H,3,9H2,1-2H3,(H,22,25). The molecule has 2 aromatic heterocycles. The summed E-state index contributed by atoms with van der Waals surface area (Å²) in [7, 11) is 1.54. The van der Waals surface area contributed by atoms with Gasteiger partial charge in [-0.2, -0.15) is 0 Å². The normalized spacial score (nSPS) is 10.7. The highest BCUT2D eigenvalue weighted by molar-refractivity contribution is 6.43. The summed E-state index contributed by atoms with van der Waals surface area (Å²) in [4.78, 5) is 25.1. The van der Waals surface area contributed by atoms with Crippen molar-refractivity contribution in [3.63, 3.8) is 0 Å². The van der Waals surface area contributed by atoms with Gasteiger partial charge < -0.3 is 14.5 Å². The number of nitrogens with zero attached hydrogens (tertiary/aromatic N) is 1. The Labute approximate surface area is 156 Å². The molecule has 0 aliphatic heterocycles. The Hall–Kier alpha value is -2.79. The number of rotatable bonds is 6. The second-order valence-electron chi connectivity index (χ2n) is 5.84. The number of fused-ring (bicyclic) bond motifs is 1. The van der Waals surface area contributed by atoms with Crippen LogP contribution in [0.15, 0.2) is 48.7 Å². The first-order valence-electron chi connectivity index (χ1n) is 8.33. The number of carbonyl (C=O) groups excluding carboxylic acids is 2. The molecule has 6 heteroatoms. The maximum absolute atomic E-state index is 12.8. The molecule has 1 aromatic carbocycles. The van der Waals surface area contributed by atoms with Crippen molar-refractivity contribution in [3.05, 3.63) is 59.4 Å². The Morgan fingerprint density at radius 1 is 1.19 bits per heavy atom. The van der Waals surface area contributed by atoms with Crippen LogP contribution in [-0.4, -0.2) is 29.7 Å². The largest absolute Gasteiger partial charge is 0.495 e. The first-order valence-corrected chi connectivity index (χ1v) is 8.71. The lowest BCUT2D eigenvalue weighted by Gasteiger charge is -2.09. The predicted octanol–water partition coefficient (Wildman–Crippen LogP) is 3.98. The summed E-state index contributed by atoms with van der Waals surface area (Å²) >= 11 is 6.25. The fourth-order valence-electron chi connectivity index (χ4n) is 2.84. The second kappa shape index (κ2) is 7.62. The number of ether oxygens (including phenoxy) is 1. The van der Waals surface area contributed by atoms with Gasteiger partial charge in [-0.1, -0.05) is 30.7 Å². The summed E-state index contributed by atoms with van der Waals surface area (Å²) in [6, 6.07) is 12.7. The monoisotopic (exact) mass is 370 g/mol. The van der Waals surface area contributed by atoms with E-state index >= 15 is 0 Å². The summed E-state index contributed by atoms with van der Waals surface area (Å²) in [6.07, 6.45) is 2.53. The van der Waals surface area contributed by atoms with Crippen molar-refractivity contribution in [2.45, 2.75) is 13.3 Å². The minimum Gasteiger partial charge on any atom is -0.495 e. The highest BCUT2D eigenvalue weighted by atomic mass is 35.5. The second-order valence-corrected chi connectivity index (χ2v) is 6.24. The van der Waals surface area contributed by atoms with Crippen molar-refractivity contribution < 1.29 is 14.3 Å². The number of hydrogen-bond acceptors (Lipinski definition) is 3. The molecule has 0 fully saturated rings. The minimum absolute atomic E-state index is 0.315. The van der Waals surface area contributed by atoms with Gasteiger partial charge in [0.05, 0.1) is 12.1 Å². The Kier molecular flexibility index (Phi) is 5.28. The van der Waals surface area contributed by atoms with Crippen LogP contribution in [0.5, 0.6) is 5.75 Å². The number of halogens is 1. The zero-order chi connectivity index (χ0) is 18.7. The van der Waals surface area contributed by atoms with E-state index in [4.69, 9.17) is 16.3 Å². The number of hydrogen-bond donors (Lipinski definition) is 1. The van der Waals surface area contributed by atoms with Crippen molar-refractivity contribution in [3.8, 4) is 16.9 Å². The maximum Gasteiger partial charge on any atom is 0.294 e. The van der Waals surface area contributed by atoms with Crippen molar-refractivity contribution in [2.24, 2.45) is 0 Å². The Morgan fingerprint density at radius 2 is 2.00 bits per heavy atom. The molecule has 0 saturated heterocycles. The third kappa shape index (κ3) is 3.30. The van der Waals surface area contributed by atoms with Crippen molar-refractivity contribution in [1.29, 1.82) is 0 Å². The molecule has 0 spiro atoms. The molecule has 134 valence electrons. The molecule has 2 heterocycles. The number of methoxy groups -OCH3 is 1. The van der Waals surface area contributed by atoms with Crippen LogP contribution < -0.4 is 10.1 Å². The van der Waals surface area contributed by atoms with E-state index in [2.05, 4.69) is 5.32 Å². The molecular formula is C20H19ClN2O3. The highest BCUT2D eigenvalue weighted by Crippen LogP contribution is 2.33. The molecular weight excluding hydrogens is 352 g/mol. The number of aromatic nitrogens is 1. The zero-order valence-corrected chi connectivity index (χ0v) is 15.3. The molecule has 0 aliphatic rings. The topological polar surface area (TPSA) is 59.8 Å². The smallest absolute Gasteiger partial charge is 0.294 e. The van der Waals surface area contributed by atoms with Crippen LogP contribution in [0.3, 0.4) is 0 Å². The van der Waals surface area contributed by atoms with E-state index in [1.54, 1.807) is 29.8 Å². The van der Waals surface area contributed by atoms with E-state index in [0.717, 1.165) is 17.5 Å². The van der Waals surface area contributed by atoms with Gasteiger partial charge in [0.25, 0.3) is 11.7 Å². The minimum atomic E-state index is -0.614. The van der Waals surface area contributed by atoms with Gasteiger partial charge in [0.2, 0.25) is 0 Å². The molecule has 1 N–H and O–H groups in total. The first-order chi connectivity index (χ1) is 12.6. The summed E-state index contributed by atoms with van der Waals surface area (Å²) in [5.74, 6) is -0.643. The molecule has 0 atom stereocenters. The number of carbonyl (C=O) groups is 2. The molecule has 0 saturated carbocycles. The van der Waals surface area contributed by atoms with E-state index in [0.29, 0.717) is 28.6 Å². The lowest BCUT2D eigenvalue weighted by molar-refractivity contribution is -0.117. The summed E-state index contributed by atoms with van der Waals surface area (Å²) < 4.78 is 6.91. The number of ketones is 1. The Morgan fingerprint density at radius 3 is 2.69 bits per heavy atom. The van der Waals surface area contributed by atoms with Crippen LogP contribution in [0.25, 0.3) is 16.6 Å². The number of Topliss-reactive ketones (excluding diaryl/α,β-unsaturated/α-hetero) is 1. The fourth-order valence-corrected chi connectivity index (χ4v) is 3.09. The number of benzene rings is 1. The van der Waals surface area contributed by atoms with Gasteiger partial charge in [0.1, 0.15) is 11.4 Å². The first kappa shape index (κ1) is 18.0. The average molecular weight is 371 g/mol. The van der Waals surface area contributed by atoms with Gasteiger partial charge >= 0.3 is 0 Å². The van der Waals surface area contributed by atoms with Crippen LogP contribution >= 0.6 is 11.6 Å². The lowest BCUT2D eigenvalue weighted by Crippen LogP contribution is -2.32. The number of amides is 1. The van der Waals surface area contributed by atoms with Gasteiger partial charge in [0, 0.05) is 23.8 Å². The van der Waals surface area contributed by atoms with Crippen LogP contribution in [0.4, 0.5) is 0 Å². The molecule has 26 heavy (non-hydrogen) atoms. The van der Waals surface area contributed by atoms with Gasteiger partial charge in [-0.05, 0) is 42.3 Å². The van der Waals surface area contributed by atoms with Crippen molar-refractivity contribution in [2.75, 3.05) is 13.7 Å². The molecule has 5 nitrogen and oxygen atoms in total. The lowest BCUT2D eigenvalue weighted by atomic mass is 10.0. The molecule has 3 rings (SSSR count). The van der Waals surface area contributed by atoms with E-state index in [1.165, 1.54) is 0 Å². The van der Waals surface area contributed by atoms with Crippen LogP contribution in [0.2, 0.25) is 5.02 Å². The van der Waals surface area contributed by atoms with E-state index < -0.39 is 11.7 Å². The van der Waals surface area contributed by atoms with Crippen LogP contribution in [0.1, 0.15) is 23.8 Å². The number of pyridine rings is 1. The average Bonchev–Trinajstić information content (AvgIpc) is 3.04. The molecule has 0 unspecified atom stereocenters. The van der Waals surface area contributed by atoms with E-state index in [1.807, 2.05) is 37.3 Å². The third-order valence-corrected chi connectivity index (χ3v) is 4.39. The van der Waals surface area contributed by atoms with E-state index in [9.17, 15) is 9.59 Å². The van der Waals surface area contributed by atoms with E-state index in [-0.39, 0.29) is 0 Å². The van der Waals surface area contributed by atoms with Gasteiger partial charge in [0.15, 0.2) is 0 Å². The van der Waals surface area contributed by atoms with Crippen molar-refractivity contribution >= 4 is 28.8 Å². The highest BCUT2D eigenvalue weighted by Gasteiger charge is 2.24. The Bertz CT molecular complexity index is 978.